The number of fused-ring (bicyclic) bond motifs is 1. The summed E-state index contributed by atoms with van der Waals surface area (Å²) in [6, 6.07) is 0.483. The Balaban J connectivity index is 2.11. The molecule has 2 rings (SSSR count). The van der Waals surface area contributed by atoms with Crippen molar-refractivity contribution in [3.63, 3.8) is 0 Å². The first kappa shape index (κ1) is 7.10. The minimum atomic E-state index is 0.323. The van der Waals surface area contributed by atoms with Crippen LogP contribution in [0.2, 0.25) is 0 Å². The number of hydrogen-bond donors (Lipinski definition) is 1. The SMILES string of the molecule is CN1C(=O)CC2CCNCC21. The average Bonchev–Trinajstić information content (AvgIpc) is 2.30. The van der Waals surface area contributed by atoms with Crippen molar-refractivity contribution in [2.45, 2.75) is 18.9 Å². The van der Waals surface area contributed by atoms with Crippen LogP contribution in [0.5, 0.6) is 0 Å². The van der Waals surface area contributed by atoms with Crippen LogP contribution in [-0.2, 0) is 4.79 Å². The van der Waals surface area contributed by atoms with Gasteiger partial charge < -0.3 is 10.2 Å². The third-order valence-corrected chi connectivity index (χ3v) is 2.92. The summed E-state index contributed by atoms with van der Waals surface area (Å²) in [7, 11) is 1.92. The molecular formula is C8H14N2O. The minimum Gasteiger partial charge on any atom is -0.341 e. The molecule has 2 saturated heterocycles. The lowest BCUT2D eigenvalue weighted by atomic mass is 9.93. The Morgan fingerprint density at radius 2 is 2.45 bits per heavy atom. The summed E-state index contributed by atoms with van der Waals surface area (Å²) in [5.41, 5.74) is 0. The van der Waals surface area contributed by atoms with E-state index in [0.717, 1.165) is 19.5 Å². The highest BCUT2D eigenvalue weighted by Gasteiger charge is 2.38. The van der Waals surface area contributed by atoms with Crippen LogP contribution in [0.25, 0.3) is 0 Å². The summed E-state index contributed by atoms with van der Waals surface area (Å²) >= 11 is 0. The molecule has 0 aromatic heterocycles. The topological polar surface area (TPSA) is 32.3 Å². The molecule has 62 valence electrons. The molecule has 1 amide bonds. The maximum Gasteiger partial charge on any atom is 0.222 e. The summed E-state index contributed by atoms with van der Waals surface area (Å²) in [5.74, 6) is 0.956. The van der Waals surface area contributed by atoms with Gasteiger partial charge in [-0.2, -0.15) is 0 Å². The second-order valence-corrected chi connectivity index (χ2v) is 3.53. The monoisotopic (exact) mass is 154 g/mol. The van der Waals surface area contributed by atoms with Gasteiger partial charge in [-0.1, -0.05) is 0 Å². The highest BCUT2D eigenvalue weighted by molar-refractivity contribution is 5.79. The quantitative estimate of drug-likeness (QED) is 0.525. The molecule has 0 spiro atoms. The Hall–Kier alpha value is -0.570. The fourth-order valence-electron chi connectivity index (χ4n) is 2.14. The molecule has 3 heteroatoms. The summed E-state index contributed by atoms with van der Waals surface area (Å²) in [5, 5.41) is 3.31. The van der Waals surface area contributed by atoms with E-state index in [0.29, 0.717) is 17.9 Å². The summed E-state index contributed by atoms with van der Waals surface area (Å²) in [6.07, 6.45) is 1.95. The molecule has 0 radical (unpaired) electrons. The molecule has 3 nitrogen and oxygen atoms in total. The first-order valence-electron chi connectivity index (χ1n) is 4.25. The zero-order valence-electron chi connectivity index (χ0n) is 6.84. The Kier molecular flexibility index (Phi) is 1.60. The second-order valence-electron chi connectivity index (χ2n) is 3.53. The first-order chi connectivity index (χ1) is 5.29. The molecule has 0 saturated carbocycles. The summed E-state index contributed by atoms with van der Waals surface area (Å²) in [6.45, 7) is 2.08. The smallest absolute Gasteiger partial charge is 0.222 e. The Labute approximate surface area is 66.8 Å². The molecule has 0 bridgehead atoms. The zero-order chi connectivity index (χ0) is 7.84. The average molecular weight is 154 g/mol. The minimum absolute atomic E-state index is 0.323. The van der Waals surface area contributed by atoms with Crippen LogP contribution in [0, 0.1) is 5.92 Å². The molecule has 0 aromatic rings. The molecule has 2 aliphatic rings. The van der Waals surface area contributed by atoms with Crippen molar-refractivity contribution in [1.82, 2.24) is 10.2 Å². The van der Waals surface area contributed by atoms with Crippen molar-refractivity contribution in [1.29, 1.82) is 0 Å². The molecule has 2 aliphatic heterocycles. The molecule has 2 atom stereocenters. The number of hydrogen-bond acceptors (Lipinski definition) is 2. The Morgan fingerprint density at radius 3 is 3.18 bits per heavy atom. The third kappa shape index (κ3) is 1.03. The number of likely N-dealkylation sites (N-methyl/N-ethyl adjacent to an activating group) is 1. The van der Waals surface area contributed by atoms with Gasteiger partial charge in [0.25, 0.3) is 0 Å². The van der Waals surface area contributed by atoms with Gasteiger partial charge in [0.1, 0.15) is 0 Å². The van der Waals surface area contributed by atoms with Gasteiger partial charge in [0, 0.05) is 26.1 Å². The molecule has 0 aliphatic carbocycles. The van der Waals surface area contributed by atoms with E-state index in [1.54, 1.807) is 0 Å². The van der Waals surface area contributed by atoms with Crippen LogP contribution in [-0.4, -0.2) is 37.0 Å². The lowest BCUT2D eigenvalue weighted by Gasteiger charge is -2.29. The largest absolute Gasteiger partial charge is 0.341 e. The predicted octanol–water partition coefficient (Wildman–Crippen LogP) is -0.173. The maximum absolute atomic E-state index is 11.2. The molecule has 2 unspecified atom stereocenters. The zero-order valence-corrected chi connectivity index (χ0v) is 6.84. The van der Waals surface area contributed by atoms with E-state index in [9.17, 15) is 4.79 Å². The molecule has 2 fully saturated rings. The fourth-order valence-corrected chi connectivity index (χ4v) is 2.14. The third-order valence-electron chi connectivity index (χ3n) is 2.92. The van der Waals surface area contributed by atoms with Crippen molar-refractivity contribution in [2.24, 2.45) is 5.92 Å². The Bertz CT molecular complexity index is 181. The predicted molar refractivity (Wildman–Crippen MR) is 42.2 cm³/mol. The highest BCUT2D eigenvalue weighted by atomic mass is 16.2. The van der Waals surface area contributed by atoms with Crippen molar-refractivity contribution in [2.75, 3.05) is 20.1 Å². The van der Waals surface area contributed by atoms with E-state index in [4.69, 9.17) is 0 Å². The van der Waals surface area contributed by atoms with E-state index >= 15 is 0 Å². The van der Waals surface area contributed by atoms with Crippen LogP contribution in [0.4, 0.5) is 0 Å². The molecular weight excluding hydrogens is 140 g/mol. The highest BCUT2D eigenvalue weighted by Crippen LogP contribution is 2.28. The van der Waals surface area contributed by atoms with Gasteiger partial charge in [0.15, 0.2) is 0 Å². The van der Waals surface area contributed by atoms with Gasteiger partial charge in [0.05, 0.1) is 0 Å². The molecule has 1 N–H and O–H groups in total. The van der Waals surface area contributed by atoms with Gasteiger partial charge in [0.2, 0.25) is 5.91 Å². The number of carbonyl (C=O) groups excluding carboxylic acids is 1. The van der Waals surface area contributed by atoms with Crippen molar-refractivity contribution in [3.05, 3.63) is 0 Å². The first-order valence-corrected chi connectivity index (χ1v) is 4.25. The van der Waals surface area contributed by atoms with Gasteiger partial charge >= 0.3 is 0 Å². The molecule has 2 heterocycles. The van der Waals surface area contributed by atoms with Crippen LogP contribution in [0.3, 0.4) is 0 Å². The number of nitrogens with one attached hydrogen (secondary N) is 1. The van der Waals surface area contributed by atoms with Crippen molar-refractivity contribution >= 4 is 5.91 Å². The molecule has 0 aromatic carbocycles. The van der Waals surface area contributed by atoms with E-state index in [2.05, 4.69) is 5.32 Å². The van der Waals surface area contributed by atoms with Gasteiger partial charge in [-0.3, -0.25) is 4.79 Å². The summed E-state index contributed by atoms with van der Waals surface area (Å²) < 4.78 is 0. The fraction of sp³-hybridized carbons (Fsp3) is 0.875. The van der Waals surface area contributed by atoms with Crippen molar-refractivity contribution < 1.29 is 4.79 Å². The van der Waals surface area contributed by atoms with E-state index in [1.807, 2.05) is 11.9 Å². The number of piperidine rings is 1. The maximum atomic E-state index is 11.2. The standard InChI is InChI=1S/C8H14N2O/c1-10-7-5-9-3-2-6(7)4-8(10)11/h6-7,9H,2-5H2,1H3. The summed E-state index contributed by atoms with van der Waals surface area (Å²) in [4.78, 5) is 13.1. The second kappa shape index (κ2) is 2.48. The van der Waals surface area contributed by atoms with Gasteiger partial charge in [-0.25, -0.2) is 0 Å². The normalized spacial score (nSPS) is 37.5. The number of carbonyl (C=O) groups is 1. The number of amides is 1. The van der Waals surface area contributed by atoms with E-state index in [1.165, 1.54) is 6.42 Å². The van der Waals surface area contributed by atoms with Crippen LogP contribution in [0.1, 0.15) is 12.8 Å². The lowest BCUT2D eigenvalue weighted by molar-refractivity contribution is -0.127. The van der Waals surface area contributed by atoms with E-state index < -0.39 is 0 Å². The number of likely N-dealkylation sites (tertiary alicyclic amines) is 1. The van der Waals surface area contributed by atoms with Crippen LogP contribution < -0.4 is 5.32 Å². The number of nitrogens with zero attached hydrogens (tertiary/aromatic N) is 1. The number of rotatable bonds is 0. The van der Waals surface area contributed by atoms with Crippen molar-refractivity contribution in [3.8, 4) is 0 Å². The van der Waals surface area contributed by atoms with E-state index in [-0.39, 0.29) is 0 Å². The van der Waals surface area contributed by atoms with Crippen LogP contribution in [0.15, 0.2) is 0 Å². The lowest BCUT2D eigenvalue weighted by Crippen LogP contribution is -2.44. The van der Waals surface area contributed by atoms with Gasteiger partial charge in [-0.05, 0) is 18.9 Å². The Morgan fingerprint density at radius 1 is 1.64 bits per heavy atom. The molecule has 11 heavy (non-hydrogen) atoms. The van der Waals surface area contributed by atoms with Crippen LogP contribution >= 0.6 is 0 Å². The van der Waals surface area contributed by atoms with Gasteiger partial charge in [-0.15, -0.1) is 0 Å².